The summed E-state index contributed by atoms with van der Waals surface area (Å²) < 4.78 is 27.8. The monoisotopic (exact) mass is 400 g/mol. The van der Waals surface area contributed by atoms with Crippen LogP contribution in [-0.4, -0.2) is 35.6 Å². The lowest BCUT2D eigenvalue weighted by Crippen LogP contribution is -2.40. The van der Waals surface area contributed by atoms with Crippen LogP contribution >= 0.6 is 0 Å². The van der Waals surface area contributed by atoms with Gasteiger partial charge in [0.25, 0.3) is 5.91 Å². The summed E-state index contributed by atoms with van der Waals surface area (Å²) in [6, 6.07) is 3.42. The van der Waals surface area contributed by atoms with Crippen molar-refractivity contribution in [3.63, 3.8) is 0 Å². The molecule has 0 spiro atoms. The van der Waals surface area contributed by atoms with Crippen LogP contribution in [0.1, 0.15) is 43.5 Å². The number of nitrogens with two attached hydrogens (primary N) is 1. The minimum absolute atomic E-state index is 0.0731. The lowest BCUT2D eigenvalue weighted by molar-refractivity contribution is 0.0936. The van der Waals surface area contributed by atoms with Crippen molar-refractivity contribution in [2.75, 3.05) is 18.0 Å². The van der Waals surface area contributed by atoms with Crippen LogP contribution in [0.3, 0.4) is 0 Å². The summed E-state index contributed by atoms with van der Waals surface area (Å²) >= 11 is 0. The van der Waals surface area contributed by atoms with Crippen molar-refractivity contribution >= 4 is 11.6 Å². The van der Waals surface area contributed by atoms with Crippen LogP contribution in [0.15, 0.2) is 30.6 Å². The summed E-state index contributed by atoms with van der Waals surface area (Å²) in [6.45, 7) is 5.16. The third-order valence-electron chi connectivity index (χ3n) is 5.84. The highest BCUT2D eigenvalue weighted by atomic mass is 19.1. The molecule has 1 aromatic carbocycles. The van der Waals surface area contributed by atoms with E-state index < -0.39 is 17.2 Å². The van der Waals surface area contributed by atoms with E-state index in [1.165, 1.54) is 18.3 Å². The van der Waals surface area contributed by atoms with E-state index in [0.717, 1.165) is 25.3 Å². The first-order valence-electron chi connectivity index (χ1n) is 10.0. The Kier molecular flexibility index (Phi) is 5.02. The van der Waals surface area contributed by atoms with E-state index in [1.807, 2.05) is 18.7 Å². The molecule has 2 atom stereocenters. The first-order valence-corrected chi connectivity index (χ1v) is 10.0. The number of pyridine rings is 1. The van der Waals surface area contributed by atoms with Crippen LogP contribution < -0.4 is 16.0 Å². The Morgan fingerprint density at radius 2 is 1.97 bits per heavy atom. The first-order chi connectivity index (χ1) is 13.7. The van der Waals surface area contributed by atoms with Gasteiger partial charge in [-0.05, 0) is 56.7 Å². The molecule has 29 heavy (non-hydrogen) atoms. The van der Waals surface area contributed by atoms with E-state index in [0.29, 0.717) is 41.4 Å². The number of hydrogen-bond donors (Lipinski definition) is 2. The summed E-state index contributed by atoms with van der Waals surface area (Å²) in [5.74, 6) is -1.06. The molecule has 154 valence electrons. The molecule has 0 radical (unpaired) electrons. The van der Waals surface area contributed by atoms with Crippen LogP contribution in [-0.2, 0) is 0 Å². The van der Waals surface area contributed by atoms with Crippen molar-refractivity contribution in [3.8, 4) is 11.1 Å². The highest BCUT2D eigenvalue weighted by molar-refractivity contribution is 6.03. The largest absolute Gasteiger partial charge is 0.368 e. The molecule has 1 unspecified atom stereocenters. The highest BCUT2D eigenvalue weighted by Gasteiger charge is 2.35. The average molecular weight is 400 g/mol. The van der Waals surface area contributed by atoms with Crippen molar-refractivity contribution < 1.29 is 13.6 Å². The number of aromatic nitrogens is 1. The van der Waals surface area contributed by atoms with Gasteiger partial charge in [-0.3, -0.25) is 9.78 Å². The Morgan fingerprint density at radius 1 is 1.28 bits per heavy atom. The quantitative estimate of drug-likeness (QED) is 0.806. The molecule has 0 bridgehead atoms. The van der Waals surface area contributed by atoms with Crippen LogP contribution in [0.2, 0.25) is 0 Å². The number of amides is 1. The second-order valence-electron chi connectivity index (χ2n) is 8.67. The van der Waals surface area contributed by atoms with E-state index in [9.17, 15) is 13.6 Å². The standard InChI is InChI=1S/C22H26F2N4O/c1-13(14-3-4-14)27-21(29)19-11-26-10-18(15-7-16(23)9-17(24)8-15)20(19)28-6-5-22(2,25)12-28/h7-11,13-14H,3-6,12,25H2,1-2H3,(H,27,29)/t13?,22-/m0/s1. The number of carbonyl (C=O) groups excluding carboxylic acids is 1. The molecule has 2 fully saturated rings. The Morgan fingerprint density at radius 3 is 2.55 bits per heavy atom. The average Bonchev–Trinajstić information content (AvgIpc) is 3.43. The van der Waals surface area contributed by atoms with E-state index in [1.54, 1.807) is 6.20 Å². The molecule has 7 heteroatoms. The van der Waals surface area contributed by atoms with E-state index in [2.05, 4.69) is 10.3 Å². The number of nitrogens with one attached hydrogen (secondary N) is 1. The second-order valence-corrected chi connectivity index (χ2v) is 8.67. The maximum Gasteiger partial charge on any atom is 0.255 e. The summed E-state index contributed by atoms with van der Waals surface area (Å²) in [4.78, 5) is 19.3. The van der Waals surface area contributed by atoms with Crippen LogP contribution in [0.4, 0.5) is 14.5 Å². The number of benzene rings is 1. The van der Waals surface area contributed by atoms with Gasteiger partial charge in [-0.2, -0.15) is 0 Å². The maximum atomic E-state index is 13.9. The van der Waals surface area contributed by atoms with Gasteiger partial charge in [0.15, 0.2) is 0 Å². The van der Waals surface area contributed by atoms with E-state index in [4.69, 9.17) is 5.73 Å². The van der Waals surface area contributed by atoms with Gasteiger partial charge in [-0.1, -0.05) is 0 Å². The van der Waals surface area contributed by atoms with Gasteiger partial charge in [0.2, 0.25) is 0 Å². The fraction of sp³-hybridized carbons (Fsp3) is 0.455. The lowest BCUT2D eigenvalue weighted by atomic mass is 10.0. The van der Waals surface area contributed by atoms with Gasteiger partial charge in [-0.25, -0.2) is 8.78 Å². The molecule has 2 aromatic rings. The topological polar surface area (TPSA) is 71.2 Å². The van der Waals surface area contributed by atoms with Crippen LogP contribution in [0, 0.1) is 17.6 Å². The Hall–Kier alpha value is -2.54. The Labute approximate surface area is 169 Å². The molecule has 1 aromatic heterocycles. The zero-order valence-electron chi connectivity index (χ0n) is 16.7. The number of halogens is 2. The third-order valence-corrected chi connectivity index (χ3v) is 5.84. The number of rotatable bonds is 5. The molecular weight excluding hydrogens is 374 g/mol. The third kappa shape index (κ3) is 4.24. The molecule has 3 N–H and O–H groups in total. The Balaban J connectivity index is 1.79. The summed E-state index contributed by atoms with van der Waals surface area (Å²) in [6.07, 6.45) is 6.07. The van der Waals surface area contributed by atoms with Crippen LogP contribution in [0.25, 0.3) is 11.1 Å². The molecule has 1 amide bonds. The molecule has 2 aliphatic rings. The van der Waals surface area contributed by atoms with Gasteiger partial charge >= 0.3 is 0 Å². The van der Waals surface area contributed by atoms with Gasteiger partial charge in [0.05, 0.1) is 11.3 Å². The molecule has 1 saturated heterocycles. The summed E-state index contributed by atoms with van der Waals surface area (Å²) in [5.41, 5.74) is 7.81. The van der Waals surface area contributed by atoms with Gasteiger partial charge in [0, 0.05) is 48.7 Å². The number of nitrogens with zero attached hydrogens (tertiary/aromatic N) is 2. The molecule has 1 aliphatic carbocycles. The minimum atomic E-state index is -0.673. The minimum Gasteiger partial charge on any atom is -0.368 e. The van der Waals surface area contributed by atoms with Gasteiger partial charge in [0.1, 0.15) is 11.6 Å². The summed E-state index contributed by atoms with van der Waals surface area (Å²) in [7, 11) is 0. The number of anilines is 1. The summed E-state index contributed by atoms with van der Waals surface area (Å²) in [5, 5.41) is 3.06. The molecule has 1 aliphatic heterocycles. The first kappa shape index (κ1) is 19.8. The second kappa shape index (κ2) is 7.37. The maximum absolute atomic E-state index is 13.9. The number of hydrogen-bond acceptors (Lipinski definition) is 4. The smallest absolute Gasteiger partial charge is 0.255 e. The zero-order chi connectivity index (χ0) is 20.8. The molecule has 1 saturated carbocycles. The van der Waals surface area contributed by atoms with Crippen molar-refractivity contribution in [1.29, 1.82) is 0 Å². The number of carbonyl (C=O) groups is 1. The van der Waals surface area contributed by atoms with Gasteiger partial charge in [-0.15, -0.1) is 0 Å². The van der Waals surface area contributed by atoms with Crippen molar-refractivity contribution in [2.45, 2.75) is 44.7 Å². The van der Waals surface area contributed by atoms with Crippen LogP contribution in [0.5, 0.6) is 0 Å². The van der Waals surface area contributed by atoms with Crippen molar-refractivity contribution in [3.05, 3.63) is 47.8 Å². The predicted octanol–water partition coefficient (Wildman–Crippen LogP) is 3.48. The highest BCUT2D eigenvalue weighted by Crippen LogP contribution is 2.38. The van der Waals surface area contributed by atoms with Crippen molar-refractivity contribution in [1.82, 2.24) is 10.3 Å². The molecule has 4 rings (SSSR count). The van der Waals surface area contributed by atoms with E-state index >= 15 is 0 Å². The SMILES string of the molecule is CC(NC(=O)c1cncc(-c2cc(F)cc(F)c2)c1N1CC[C@](C)(N)C1)C1CC1. The predicted molar refractivity (Wildman–Crippen MR) is 109 cm³/mol. The molecule has 2 heterocycles. The van der Waals surface area contributed by atoms with Gasteiger partial charge < -0.3 is 16.0 Å². The van der Waals surface area contributed by atoms with E-state index in [-0.39, 0.29) is 11.9 Å². The Bertz CT molecular complexity index is 922. The fourth-order valence-corrected chi connectivity index (χ4v) is 4.06. The van der Waals surface area contributed by atoms with Crippen molar-refractivity contribution in [2.24, 2.45) is 11.7 Å². The fourth-order valence-electron chi connectivity index (χ4n) is 4.06. The molecule has 5 nitrogen and oxygen atoms in total. The zero-order valence-corrected chi connectivity index (χ0v) is 16.7. The normalized spacial score (nSPS) is 22.6. The lowest BCUT2D eigenvalue weighted by Gasteiger charge is -2.27. The molecular formula is C22H26F2N4O.